The van der Waals surface area contributed by atoms with E-state index < -0.39 is 0 Å². The van der Waals surface area contributed by atoms with E-state index in [1.165, 1.54) is 12.8 Å². The summed E-state index contributed by atoms with van der Waals surface area (Å²) in [6.45, 7) is 4.95. The van der Waals surface area contributed by atoms with Gasteiger partial charge in [-0.1, -0.05) is 56.2 Å². The summed E-state index contributed by atoms with van der Waals surface area (Å²) >= 11 is 0. The number of rotatable bonds is 7. The fourth-order valence-corrected chi connectivity index (χ4v) is 3.27. The van der Waals surface area contributed by atoms with Gasteiger partial charge in [0, 0.05) is 5.69 Å². The second-order valence-corrected chi connectivity index (χ2v) is 6.45. The van der Waals surface area contributed by atoms with Gasteiger partial charge in [-0.25, -0.2) is 0 Å². The van der Waals surface area contributed by atoms with Crippen LogP contribution in [0.25, 0.3) is 0 Å². The molecule has 0 saturated carbocycles. The molecule has 1 heterocycles. The zero-order valence-electron chi connectivity index (χ0n) is 14.5. The van der Waals surface area contributed by atoms with Gasteiger partial charge < -0.3 is 10.1 Å². The Balaban J connectivity index is 1.77. The summed E-state index contributed by atoms with van der Waals surface area (Å²) in [5, 5.41) is 3.04. The molecule has 1 atom stereocenters. The number of hydrogen-bond acceptors (Lipinski definition) is 2. The molecule has 1 amide bonds. The number of aryl methyl sites for hydroxylation is 1. The Bertz CT molecular complexity index is 724. The SMILES string of the molecule is CCCCCOc1ccccc1C[C@@H]1C(=O)Nc2c(C)cccc21. The number of hydrogen-bond donors (Lipinski definition) is 1. The summed E-state index contributed by atoms with van der Waals surface area (Å²) in [6.07, 6.45) is 4.10. The number of anilines is 1. The van der Waals surface area contributed by atoms with Crippen molar-refractivity contribution in [3.63, 3.8) is 0 Å². The maximum atomic E-state index is 12.4. The Morgan fingerprint density at radius 1 is 1.08 bits per heavy atom. The minimum absolute atomic E-state index is 0.0834. The minimum atomic E-state index is -0.139. The summed E-state index contributed by atoms with van der Waals surface area (Å²) in [7, 11) is 0. The molecule has 0 spiro atoms. The number of amides is 1. The molecule has 2 aromatic carbocycles. The first-order valence-corrected chi connectivity index (χ1v) is 8.81. The number of carbonyl (C=O) groups excluding carboxylic acids is 1. The van der Waals surface area contributed by atoms with E-state index >= 15 is 0 Å². The van der Waals surface area contributed by atoms with E-state index in [9.17, 15) is 4.79 Å². The van der Waals surface area contributed by atoms with Crippen LogP contribution in [0.5, 0.6) is 5.75 Å². The summed E-state index contributed by atoms with van der Waals surface area (Å²) < 4.78 is 5.96. The number of para-hydroxylation sites is 2. The zero-order chi connectivity index (χ0) is 16.9. The molecule has 3 nitrogen and oxygen atoms in total. The van der Waals surface area contributed by atoms with E-state index in [0.717, 1.165) is 41.2 Å². The van der Waals surface area contributed by atoms with Crippen LogP contribution in [0.1, 0.15) is 48.8 Å². The number of carbonyl (C=O) groups is 1. The molecule has 1 aliphatic rings. The molecule has 1 N–H and O–H groups in total. The second kappa shape index (κ2) is 7.52. The predicted octanol–water partition coefficient (Wildman–Crippen LogP) is 4.84. The molecule has 3 heteroatoms. The topological polar surface area (TPSA) is 38.3 Å². The number of benzene rings is 2. The number of ether oxygens (including phenoxy) is 1. The van der Waals surface area contributed by atoms with Crippen molar-refractivity contribution >= 4 is 11.6 Å². The molecular weight excluding hydrogens is 298 g/mol. The van der Waals surface area contributed by atoms with Gasteiger partial charge in [0.2, 0.25) is 5.91 Å². The predicted molar refractivity (Wildman–Crippen MR) is 97.7 cm³/mol. The van der Waals surface area contributed by atoms with Gasteiger partial charge in [0.25, 0.3) is 0 Å². The van der Waals surface area contributed by atoms with Crippen LogP contribution in [-0.4, -0.2) is 12.5 Å². The van der Waals surface area contributed by atoms with Crippen LogP contribution >= 0.6 is 0 Å². The highest BCUT2D eigenvalue weighted by molar-refractivity contribution is 6.03. The Labute approximate surface area is 144 Å². The average Bonchev–Trinajstić information content (AvgIpc) is 2.91. The lowest BCUT2D eigenvalue weighted by Crippen LogP contribution is -2.15. The van der Waals surface area contributed by atoms with E-state index in [1.54, 1.807) is 0 Å². The molecular formula is C21H25NO2. The van der Waals surface area contributed by atoms with Crippen LogP contribution in [-0.2, 0) is 11.2 Å². The van der Waals surface area contributed by atoms with Crippen molar-refractivity contribution in [2.45, 2.75) is 45.4 Å². The summed E-state index contributed by atoms with van der Waals surface area (Å²) in [5.74, 6) is 0.850. The van der Waals surface area contributed by atoms with Gasteiger partial charge in [-0.3, -0.25) is 4.79 Å². The van der Waals surface area contributed by atoms with Gasteiger partial charge in [-0.15, -0.1) is 0 Å². The van der Waals surface area contributed by atoms with Gasteiger partial charge in [0.15, 0.2) is 0 Å². The Hall–Kier alpha value is -2.29. The maximum absolute atomic E-state index is 12.4. The van der Waals surface area contributed by atoms with Gasteiger partial charge >= 0.3 is 0 Å². The van der Waals surface area contributed by atoms with Crippen LogP contribution in [0, 0.1) is 6.92 Å². The molecule has 3 rings (SSSR count). The maximum Gasteiger partial charge on any atom is 0.232 e. The third kappa shape index (κ3) is 3.45. The van der Waals surface area contributed by atoms with Crippen LogP contribution in [0.3, 0.4) is 0 Å². The molecule has 0 aliphatic carbocycles. The molecule has 126 valence electrons. The monoisotopic (exact) mass is 323 g/mol. The van der Waals surface area contributed by atoms with Gasteiger partial charge in [-0.05, 0) is 42.5 Å². The summed E-state index contributed by atoms with van der Waals surface area (Å²) in [6, 6.07) is 14.2. The van der Waals surface area contributed by atoms with Crippen LogP contribution < -0.4 is 10.1 Å². The summed E-state index contributed by atoms with van der Waals surface area (Å²) in [4.78, 5) is 12.4. The van der Waals surface area contributed by atoms with Crippen molar-refractivity contribution in [2.24, 2.45) is 0 Å². The van der Waals surface area contributed by atoms with Gasteiger partial charge in [-0.2, -0.15) is 0 Å². The number of nitrogens with one attached hydrogen (secondary N) is 1. The molecule has 1 aliphatic heterocycles. The fraction of sp³-hybridized carbons (Fsp3) is 0.381. The van der Waals surface area contributed by atoms with Crippen molar-refractivity contribution in [1.82, 2.24) is 0 Å². The highest BCUT2D eigenvalue weighted by Crippen LogP contribution is 2.38. The third-order valence-corrected chi connectivity index (χ3v) is 4.65. The molecule has 24 heavy (non-hydrogen) atoms. The smallest absolute Gasteiger partial charge is 0.232 e. The van der Waals surface area contributed by atoms with Gasteiger partial charge in [0.05, 0.1) is 12.5 Å². The largest absolute Gasteiger partial charge is 0.493 e. The van der Waals surface area contributed by atoms with E-state index in [4.69, 9.17) is 4.74 Å². The lowest BCUT2D eigenvalue weighted by molar-refractivity contribution is -0.117. The molecule has 0 radical (unpaired) electrons. The molecule has 0 unspecified atom stereocenters. The van der Waals surface area contributed by atoms with E-state index in [-0.39, 0.29) is 11.8 Å². The standard InChI is InChI=1S/C21H25NO2/c1-3-4-7-13-24-19-12-6-5-10-16(19)14-18-17-11-8-9-15(2)20(17)22-21(18)23/h5-6,8-12,18H,3-4,7,13-14H2,1-2H3,(H,22,23)/t18-/m0/s1. The van der Waals surface area contributed by atoms with Crippen molar-refractivity contribution < 1.29 is 9.53 Å². The van der Waals surface area contributed by atoms with E-state index in [1.807, 2.05) is 37.3 Å². The lowest BCUT2D eigenvalue weighted by atomic mass is 9.92. The van der Waals surface area contributed by atoms with Gasteiger partial charge in [0.1, 0.15) is 5.75 Å². The van der Waals surface area contributed by atoms with Crippen LogP contribution in [0.4, 0.5) is 5.69 Å². The second-order valence-electron chi connectivity index (χ2n) is 6.45. The van der Waals surface area contributed by atoms with E-state index in [2.05, 4.69) is 24.4 Å². The number of unbranched alkanes of at least 4 members (excludes halogenated alkanes) is 2. The van der Waals surface area contributed by atoms with Crippen molar-refractivity contribution in [1.29, 1.82) is 0 Å². The van der Waals surface area contributed by atoms with Crippen molar-refractivity contribution in [3.05, 3.63) is 59.2 Å². The molecule has 0 saturated heterocycles. The Morgan fingerprint density at radius 3 is 2.75 bits per heavy atom. The van der Waals surface area contributed by atoms with Crippen LogP contribution in [0.2, 0.25) is 0 Å². The quantitative estimate of drug-likeness (QED) is 0.740. The molecule has 2 aromatic rings. The first kappa shape index (κ1) is 16.6. The molecule has 0 bridgehead atoms. The van der Waals surface area contributed by atoms with Crippen molar-refractivity contribution in [2.75, 3.05) is 11.9 Å². The Kier molecular flexibility index (Phi) is 5.19. The highest BCUT2D eigenvalue weighted by Gasteiger charge is 2.31. The van der Waals surface area contributed by atoms with Crippen LogP contribution in [0.15, 0.2) is 42.5 Å². The lowest BCUT2D eigenvalue weighted by Gasteiger charge is -2.14. The highest BCUT2D eigenvalue weighted by atomic mass is 16.5. The summed E-state index contributed by atoms with van der Waals surface area (Å²) in [5.41, 5.74) is 4.30. The first-order valence-electron chi connectivity index (χ1n) is 8.81. The zero-order valence-corrected chi connectivity index (χ0v) is 14.5. The molecule has 0 fully saturated rings. The molecule has 0 aromatic heterocycles. The Morgan fingerprint density at radius 2 is 1.92 bits per heavy atom. The average molecular weight is 323 g/mol. The first-order chi connectivity index (χ1) is 11.7. The van der Waals surface area contributed by atoms with E-state index in [0.29, 0.717) is 6.42 Å². The third-order valence-electron chi connectivity index (χ3n) is 4.65. The fourth-order valence-electron chi connectivity index (χ4n) is 3.27. The van der Waals surface area contributed by atoms with Crippen molar-refractivity contribution in [3.8, 4) is 5.75 Å². The minimum Gasteiger partial charge on any atom is -0.493 e. The normalized spacial score (nSPS) is 15.9. The number of fused-ring (bicyclic) bond motifs is 1.